The molecule has 0 saturated heterocycles. The number of sulfonamides is 1. The van der Waals surface area contributed by atoms with Crippen LogP contribution in [0.25, 0.3) is 0 Å². The highest BCUT2D eigenvalue weighted by Gasteiger charge is 2.14. The van der Waals surface area contributed by atoms with Gasteiger partial charge in [-0.15, -0.1) is 11.3 Å². The van der Waals surface area contributed by atoms with E-state index in [9.17, 15) is 18.0 Å². The maximum absolute atomic E-state index is 12.4. The summed E-state index contributed by atoms with van der Waals surface area (Å²) < 4.78 is 27.4. The lowest BCUT2D eigenvalue weighted by Crippen LogP contribution is -2.35. The van der Waals surface area contributed by atoms with E-state index in [-0.39, 0.29) is 29.7 Å². The number of benzene rings is 2. The first-order valence-electron chi connectivity index (χ1n) is 10.1. The second kappa shape index (κ2) is 11.6. The van der Waals surface area contributed by atoms with Gasteiger partial charge in [0.2, 0.25) is 15.9 Å². The minimum absolute atomic E-state index is 0.105. The molecule has 0 aliphatic heterocycles. The van der Waals surface area contributed by atoms with E-state index in [4.69, 9.17) is 0 Å². The van der Waals surface area contributed by atoms with Crippen molar-refractivity contribution in [1.82, 2.24) is 15.4 Å². The number of hydrogen-bond donors (Lipinski definition) is 3. The van der Waals surface area contributed by atoms with Crippen molar-refractivity contribution in [2.24, 2.45) is 0 Å². The lowest BCUT2D eigenvalue weighted by molar-refractivity contribution is -0.120. The molecule has 168 valence electrons. The minimum atomic E-state index is -3.64. The Balaban J connectivity index is 1.40. The van der Waals surface area contributed by atoms with Crippen LogP contribution >= 0.6 is 11.3 Å². The predicted molar refractivity (Wildman–Crippen MR) is 125 cm³/mol. The highest BCUT2D eigenvalue weighted by molar-refractivity contribution is 7.89. The van der Waals surface area contributed by atoms with Crippen molar-refractivity contribution in [2.75, 3.05) is 19.6 Å². The molecule has 3 N–H and O–H groups in total. The van der Waals surface area contributed by atoms with E-state index >= 15 is 0 Å². The molecule has 2 amide bonds. The van der Waals surface area contributed by atoms with Gasteiger partial charge in [-0.1, -0.05) is 36.4 Å². The molecular formula is C23H25N3O4S2. The molecule has 0 aliphatic rings. The Labute approximate surface area is 191 Å². The van der Waals surface area contributed by atoms with Gasteiger partial charge in [0.15, 0.2) is 0 Å². The summed E-state index contributed by atoms with van der Waals surface area (Å²) in [7, 11) is -3.64. The molecule has 2 aromatic carbocycles. The lowest BCUT2D eigenvalue weighted by atomic mass is 10.1. The number of thiophene rings is 1. The summed E-state index contributed by atoms with van der Waals surface area (Å²) in [6.45, 7) is 0.878. The normalized spacial score (nSPS) is 11.1. The van der Waals surface area contributed by atoms with Crippen LogP contribution in [0.4, 0.5) is 0 Å². The molecule has 3 rings (SSSR count). The number of carbonyl (C=O) groups is 2. The van der Waals surface area contributed by atoms with Gasteiger partial charge in [-0.3, -0.25) is 9.59 Å². The molecule has 0 unspecified atom stereocenters. The Morgan fingerprint density at radius 1 is 0.812 bits per heavy atom. The molecule has 0 spiro atoms. The van der Waals surface area contributed by atoms with Gasteiger partial charge in [0.1, 0.15) is 0 Å². The van der Waals surface area contributed by atoms with Crippen molar-refractivity contribution in [2.45, 2.75) is 17.7 Å². The average molecular weight is 472 g/mol. The monoisotopic (exact) mass is 471 g/mol. The lowest BCUT2D eigenvalue weighted by Gasteiger charge is -2.09. The molecule has 0 aliphatic carbocycles. The van der Waals surface area contributed by atoms with E-state index in [1.807, 2.05) is 47.8 Å². The summed E-state index contributed by atoms with van der Waals surface area (Å²) in [6.07, 6.45) is 0.908. The van der Waals surface area contributed by atoms with Gasteiger partial charge < -0.3 is 10.6 Å². The van der Waals surface area contributed by atoms with Gasteiger partial charge in [-0.25, -0.2) is 13.1 Å². The maximum Gasteiger partial charge on any atom is 0.251 e. The Hall–Kier alpha value is -3.01. The zero-order valence-corrected chi connectivity index (χ0v) is 19.0. The van der Waals surface area contributed by atoms with Gasteiger partial charge in [-0.2, -0.15) is 0 Å². The van der Waals surface area contributed by atoms with Crippen LogP contribution in [0, 0.1) is 0 Å². The highest BCUT2D eigenvalue weighted by atomic mass is 32.2. The van der Waals surface area contributed by atoms with Crippen LogP contribution in [0.1, 0.15) is 20.8 Å². The van der Waals surface area contributed by atoms with Crippen LogP contribution in [0.2, 0.25) is 0 Å². The quantitative estimate of drug-likeness (QED) is 0.374. The number of rotatable bonds is 11. The summed E-state index contributed by atoms with van der Waals surface area (Å²) >= 11 is 1.58. The fourth-order valence-electron chi connectivity index (χ4n) is 2.96. The van der Waals surface area contributed by atoms with Crippen molar-refractivity contribution in [1.29, 1.82) is 0 Å². The van der Waals surface area contributed by atoms with Gasteiger partial charge in [0, 0.05) is 30.1 Å². The third-order valence-corrected chi connectivity index (χ3v) is 7.02. The first kappa shape index (κ1) is 23.6. The summed E-state index contributed by atoms with van der Waals surface area (Å²) in [5, 5.41) is 7.42. The van der Waals surface area contributed by atoms with Gasteiger partial charge in [0.05, 0.1) is 11.3 Å². The fraction of sp³-hybridized carbons (Fsp3) is 0.217. The number of nitrogens with one attached hydrogen (secondary N) is 3. The second-order valence-corrected chi connectivity index (χ2v) is 9.82. The van der Waals surface area contributed by atoms with E-state index in [1.165, 1.54) is 24.3 Å². The number of carbonyl (C=O) groups excluding carboxylic acids is 2. The molecule has 7 nitrogen and oxygen atoms in total. The van der Waals surface area contributed by atoms with E-state index in [0.717, 1.165) is 10.4 Å². The van der Waals surface area contributed by atoms with E-state index in [0.29, 0.717) is 25.1 Å². The predicted octanol–water partition coefficient (Wildman–Crippen LogP) is 2.36. The molecule has 0 atom stereocenters. The van der Waals surface area contributed by atoms with Crippen LogP contribution in [0.5, 0.6) is 0 Å². The number of hydrogen-bond acceptors (Lipinski definition) is 5. The highest BCUT2D eigenvalue weighted by Crippen LogP contribution is 2.12. The smallest absolute Gasteiger partial charge is 0.251 e. The third-order valence-electron chi connectivity index (χ3n) is 4.61. The van der Waals surface area contributed by atoms with Crippen LogP contribution in [0.15, 0.2) is 77.0 Å². The number of amides is 2. The molecule has 1 heterocycles. The first-order chi connectivity index (χ1) is 15.4. The van der Waals surface area contributed by atoms with Crippen molar-refractivity contribution >= 4 is 33.2 Å². The molecule has 0 fully saturated rings. The van der Waals surface area contributed by atoms with Gasteiger partial charge in [0.25, 0.3) is 5.91 Å². The van der Waals surface area contributed by atoms with Crippen LogP contribution in [0.3, 0.4) is 0 Å². The van der Waals surface area contributed by atoms with Crippen molar-refractivity contribution in [3.05, 3.63) is 88.1 Å². The Kier molecular flexibility index (Phi) is 8.55. The first-order valence-corrected chi connectivity index (χ1v) is 12.5. The van der Waals surface area contributed by atoms with Gasteiger partial charge >= 0.3 is 0 Å². The fourth-order valence-corrected chi connectivity index (χ4v) is 4.70. The third kappa shape index (κ3) is 7.30. The molecule has 0 radical (unpaired) electrons. The standard InChI is InChI=1S/C23H25N3O4S2/c27-22(17-18-5-2-1-3-6-18)24-14-15-25-23(28)19-8-10-21(11-9-19)32(29,30)26-13-12-20-7-4-16-31-20/h1-11,16,26H,12-15,17H2,(H,24,27)(H,25,28). The SMILES string of the molecule is O=C(Cc1ccccc1)NCCNC(=O)c1ccc(S(=O)(=O)NCCc2cccs2)cc1. The Morgan fingerprint density at radius 2 is 1.53 bits per heavy atom. The largest absolute Gasteiger partial charge is 0.354 e. The topological polar surface area (TPSA) is 104 Å². The molecular weight excluding hydrogens is 446 g/mol. The molecule has 3 aromatic rings. The maximum atomic E-state index is 12.4. The van der Waals surface area contributed by atoms with Crippen molar-refractivity contribution < 1.29 is 18.0 Å². The van der Waals surface area contributed by atoms with E-state index < -0.39 is 10.0 Å². The zero-order valence-electron chi connectivity index (χ0n) is 17.4. The summed E-state index contributed by atoms with van der Waals surface area (Å²) in [5.74, 6) is -0.455. The van der Waals surface area contributed by atoms with Gasteiger partial charge in [-0.05, 0) is 47.7 Å². The summed E-state index contributed by atoms with van der Waals surface area (Å²) in [4.78, 5) is 25.4. The van der Waals surface area contributed by atoms with Crippen molar-refractivity contribution in [3.8, 4) is 0 Å². The second-order valence-electron chi connectivity index (χ2n) is 7.02. The van der Waals surface area contributed by atoms with E-state index in [1.54, 1.807) is 11.3 Å². The average Bonchev–Trinajstić information content (AvgIpc) is 3.31. The van der Waals surface area contributed by atoms with Crippen molar-refractivity contribution in [3.63, 3.8) is 0 Å². The summed E-state index contributed by atoms with van der Waals surface area (Å²) in [5.41, 5.74) is 1.27. The Bertz CT molecular complexity index is 1110. The molecule has 32 heavy (non-hydrogen) atoms. The zero-order chi connectivity index (χ0) is 22.8. The van der Waals surface area contributed by atoms with Crippen LogP contribution < -0.4 is 15.4 Å². The molecule has 9 heteroatoms. The van der Waals surface area contributed by atoms with Crippen LogP contribution in [-0.2, 0) is 27.7 Å². The summed E-state index contributed by atoms with van der Waals surface area (Å²) in [6, 6.07) is 19.0. The van der Waals surface area contributed by atoms with Crippen LogP contribution in [-0.4, -0.2) is 39.9 Å². The molecule has 0 saturated carbocycles. The molecule has 0 bridgehead atoms. The van der Waals surface area contributed by atoms with E-state index in [2.05, 4.69) is 15.4 Å². The minimum Gasteiger partial charge on any atom is -0.354 e. The molecule has 1 aromatic heterocycles. The Morgan fingerprint density at radius 3 is 2.22 bits per heavy atom.